The van der Waals surface area contributed by atoms with Crippen LogP contribution in [-0.4, -0.2) is 5.78 Å². The first kappa shape index (κ1) is 11.4. The molecule has 1 atom stereocenters. The van der Waals surface area contributed by atoms with E-state index in [0.717, 1.165) is 24.8 Å². The van der Waals surface area contributed by atoms with Crippen LogP contribution in [0.25, 0.3) is 0 Å². The predicted octanol–water partition coefficient (Wildman–Crippen LogP) is 3.35. The summed E-state index contributed by atoms with van der Waals surface area (Å²) in [6.45, 7) is 9.88. The summed E-state index contributed by atoms with van der Waals surface area (Å²) in [7, 11) is 0. The van der Waals surface area contributed by atoms with Gasteiger partial charge in [0.25, 0.3) is 0 Å². The number of Topliss-reactive ketones (excluding diaryl/α,β-unsaturated/α-hetero) is 1. The Kier molecular flexibility index (Phi) is 5.69. The van der Waals surface area contributed by atoms with Gasteiger partial charge in [-0.3, -0.25) is 4.79 Å². The summed E-state index contributed by atoms with van der Waals surface area (Å²) in [5, 5.41) is 0. The Hall–Kier alpha value is -0.590. The minimum absolute atomic E-state index is 0.245. The van der Waals surface area contributed by atoms with Crippen LogP contribution in [0.5, 0.6) is 0 Å². The fourth-order valence-electron chi connectivity index (χ4n) is 1.18. The van der Waals surface area contributed by atoms with Gasteiger partial charge < -0.3 is 0 Å². The molecule has 70 valence electrons. The molecule has 0 bridgehead atoms. The molecular weight excluding hydrogens is 148 g/mol. The lowest BCUT2D eigenvalue weighted by Crippen LogP contribution is -2.10. The lowest BCUT2D eigenvalue weighted by molar-refractivity contribution is -0.122. The van der Waals surface area contributed by atoms with Gasteiger partial charge in [-0.25, -0.2) is 0 Å². The molecule has 0 amide bonds. The van der Waals surface area contributed by atoms with Gasteiger partial charge in [-0.15, -0.1) is 6.58 Å². The van der Waals surface area contributed by atoms with E-state index >= 15 is 0 Å². The van der Waals surface area contributed by atoms with Crippen molar-refractivity contribution in [2.24, 2.45) is 5.92 Å². The van der Waals surface area contributed by atoms with Crippen molar-refractivity contribution < 1.29 is 4.79 Å². The molecule has 0 aromatic heterocycles. The Balaban J connectivity index is 3.64. The van der Waals surface area contributed by atoms with E-state index in [-0.39, 0.29) is 5.92 Å². The first-order valence-electron chi connectivity index (χ1n) is 4.75. The van der Waals surface area contributed by atoms with Crippen LogP contribution >= 0.6 is 0 Å². The summed E-state index contributed by atoms with van der Waals surface area (Å²) >= 11 is 0. The number of carbonyl (C=O) groups is 1. The second-order valence-corrected chi connectivity index (χ2v) is 3.61. The summed E-state index contributed by atoms with van der Waals surface area (Å²) in [5.74, 6) is 0.634. The van der Waals surface area contributed by atoms with E-state index in [9.17, 15) is 4.79 Å². The van der Waals surface area contributed by atoms with Crippen LogP contribution in [-0.2, 0) is 4.79 Å². The molecule has 0 rings (SSSR count). The zero-order valence-electron chi connectivity index (χ0n) is 8.52. The summed E-state index contributed by atoms with van der Waals surface area (Å²) < 4.78 is 0. The summed E-state index contributed by atoms with van der Waals surface area (Å²) in [6, 6.07) is 0. The maximum atomic E-state index is 11.4. The van der Waals surface area contributed by atoms with Gasteiger partial charge in [0, 0.05) is 12.3 Å². The van der Waals surface area contributed by atoms with Gasteiger partial charge in [0.05, 0.1) is 0 Å². The van der Waals surface area contributed by atoms with Gasteiger partial charge in [0.15, 0.2) is 0 Å². The largest absolute Gasteiger partial charge is 0.299 e. The number of hydrogen-bond acceptors (Lipinski definition) is 1. The highest BCUT2D eigenvalue weighted by molar-refractivity contribution is 5.80. The number of ketones is 1. The molecule has 0 saturated carbocycles. The summed E-state index contributed by atoms with van der Waals surface area (Å²) in [6.07, 6.45) is 3.65. The van der Waals surface area contributed by atoms with Gasteiger partial charge in [0.2, 0.25) is 0 Å². The molecule has 0 aliphatic carbocycles. The molecule has 0 saturated heterocycles. The normalized spacial score (nSPS) is 12.6. The molecule has 0 aromatic carbocycles. The standard InChI is InChI=1S/C11H20O/c1-5-6-10(4)11(12)8-7-9(2)3/h10H,2,5-8H2,1,3-4H3. The fraction of sp³-hybridized carbons (Fsp3) is 0.727. The maximum absolute atomic E-state index is 11.4. The molecule has 12 heavy (non-hydrogen) atoms. The molecule has 0 spiro atoms. The molecule has 0 aromatic rings. The molecule has 1 unspecified atom stereocenters. The van der Waals surface area contributed by atoms with Crippen LogP contribution in [0.1, 0.15) is 46.5 Å². The number of rotatable bonds is 6. The Labute approximate surface area is 75.9 Å². The molecule has 0 N–H and O–H groups in total. The molecule has 0 radical (unpaired) electrons. The molecule has 0 aliphatic heterocycles. The van der Waals surface area contributed by atoms with E-state index in [0.29, 0.717) is 12.2 Å². The van der Waals surface area contributed by atoms with Crippen LogP contribution in [0.4, 0.5) is 0 Å². The van der Waals surface area contributed by atoms with Crippen LogP contribution in [0.15, 0.2) is 12.2 Å². The van der Waals surface area contributed by atoms with E-state index in [1.54, 1.807) is 0 Å². The Morgan fingerprint density at radius 2 is 2.00 bits per heavy atom. The number of allylic oxidation sites excluding steroid dienone is 1. The maximum Gasteiger partial charge on any atom is 0.136 e. The second kappa shape index (κ2) is 5.99. The van der Waals surface area contributed by atoms with Crippen molar-refractivity contribution >= 4 is 5.78 Å². The second-order valence-electron chi connectivity index (χ2n) is 3.61. The zero-order valence-corrected chi connectivity index (χ0v) is 8.52. The molecule has 0 heterocycles. The van der Waals surface area contributed by atoms with Crippen molar-refractivity contribution in [3.05, 3.63) is 12.2 Å². The van der Waals surface area contributed by atoms with E-state index in [1.807, 2.05) is 13.8 Å². The van der Waals surface area contributed by atoms with Gasteiger partial charge in [-0.1, -0.05) is 25.8 Å². The average Bonchev–Trinajstić information content (AvgIpc) is 2.00. The third kappa shape index (κ3) is 5.11. The molecule has 1 heteroatoms. The number of carbonyl (C=O) groups excluding carboxylic acids is 1. The summed E-state index contributed by atoms with van der Waals surface area (Å²) in [5.41, 5.74) is 1.10. The first-order valence-corrected chi connectivity index (χ1v) is 4.75. The smallest absolute Gasteiger partial charge is 0.136 e. The Bertz CT molecular complexity index is 158. The lowest BCUT2D eigenvalue weighted by atomic mass is 9.96. The van der Waals surface area contributed by atoms with E-state index in [1.165, 1.54) is 0 Å². The topological polar surface area (TPSA) is 17.1 Å². The first-order chi connectivity index (χ1) is 5.57. The monoisotopic (exact) mass is 168 g/mol. The molecule has 0 fully saturated rings. The number of hydrogen-bond donors (Lipinski definition) is 0. The van der Waals surface area contributed by atoms with E-state index in [2.05, 4.69) is 13.5 Å². The van der Waals surface area contributed by atoms with Crippen LogP contribution in [0, 0.1) is 5.92 Å². The predicted molar refractivity (Wildman–Crippen MR) is 53.1 cm³/mol. The van der Waals surface area contributed by atoms with Crippen molar-refractivity contribution in [2.75, 3.05) is 0 Å². The van der Waals surface area contributed by atoms with E-state index in [4.69, 9.17) is 0 Å². The minimum atomic E-state index is 0.245. The fourth-order valence-corrected chi connectivity index (χ4v) is 1.18. The third-order valence-corrected chi connectivity index (χ3v) is 2.07. The quantitative estimate of drug-likeness (QED) is 0.556. The molecule has 1 nitrogen and oxygen atoms in total. The van der Waals surface area contributed by atoms with Crippen molar-refractivity contribution in [3.8, 4) is 0 Å². The zero-order chi connectivity index (χ0) is 9.56. The highest BCUT2D eigenvalue weighted by Crippen LogP contribution is 2.11. The molecular formula is C11H20O. The van der Waals surface area contributed by atoms with Crippen LogP contribution < -0.4 is 0 Å². The van der Waals surface area contributed by atoms with Gasteiger partial charge in [0.1, 0.15) is 5.78 Å². The SMILES string of the molecule is C=C(C)CCC(=O)C(C)CCC. The van der Waals surface area contributed by atoms with Crippen LogP contribution in [0.2, 0.25) is 0 Å². The third-order valence-electron chi connectivity index (χ3n) is 2.07. The van der Waals surface area contributed by atoms with Gasteiger partial charge >= 0.3 is 0 Å². The summed E-state index contributed by atoms with van der Waals surface area (Å²) in [4.78, 5) is 11.4. The van der Waals surface area contributed by atoms with Crippen molar-refractivity contribution in [1.82, 2.24) is 0 Å². The van der Waals surface area contributed by atoms with Crippen LogP contribution in [0.3, 0.4) is 0 Å². The Morgan fingerprint density at radius 3 is 2.42 bits per heavy atom. The highest BCUT2D eigenvalue weighted by atomic mass is 16.1. The Morgan fingerprint density at radius 1 is 1.42 bits per heavy atom. The van der Waals surface area contributed by atoms with Gasteiger partial charge in [-0.2, -0.15) is 0 Å². The lowest BCUT2D eigenvalue weighted by Gasteiger charge is -2.07. The molecule has 0 aliphatic rings. The average molecular weight is 168 g/mol. The van der Waals surface area contributed by atoms with Crippen molar-refractivity contribution in [3.63, 3.8) is 0 Å². The van der Waals surface area contributed by atoms with Crippen molar-refractivity contribution in [1.29, 1.82) is 0 Å². The minimum Gasteiger partial charge on any atom is -0.299 e. The highest BCUT2D eigenvalue weighted by Gasteiger charge is 2.10. The van der Waals surface area contributed by atoms with Crippen molar-refractivity contribution in [2.45, 2.75) is 46.5 Å². The van der Waals surface area contributed by atoms with Gasteiger partial charge in [-0.05, 0) is 19.8 Å². The van der Waals surface area contributed by atoms with E-state index < -0.39 is 0 Å².